The summed E-state index contributed by atoms with van der Waals surface area (Å²) in [6, 6.07) is 4.22. The molecule has 1 heterocycles. The minimum atomic E-state index is 0.414. The van der Waals surface area contributed by atoms with Crippen LogP contribution in [0, 0.1) is 0 Å². The van der Waals surface area contributed by atoms with Crippen LogP contribution < -0.4 is 10.1 Å². The lowest BCUT2D eigenvalue weighted by atomic mass is 10.1. The monoisotopic (exact) mass is 279 g/mol. The summed E-state index contributed by atoms with van der Waals surface area (Å²) in [6.45, 7) is 9.98. The van der Waals surface area contributed by atoms with E-state index in [1.54, 1.807) is 0 Å². The third kappa shape index (κ3) is 6.35. The quantitative estimate of drug-likeness (QED) is 0.705. The highest BCUT2D eigenvalue weighted by Crippen LogP contribution is 2.19. The fourth-order valence-electron chi connectivity index (χ4n) is 1.80. The Morgan fingerprint density at radius 3 is 2.65 bits per heavy atom. The summed E-state index contributed by atoms with van der Waals surface area (Å²) in [5.41, 5.74) is 2.35. The standard InChI is InChI=1S/C16H29N3O/c1-6-7-17-12-14-10-15(13(2)3)18-16(11-14)20-9-8-19(4)5/h10-11,13,17H,6-9,12H2,1-5H3. The number of likely N-dealkylation sites (N-methyl/N-ethyl adjacent to an activating group) is 1. The number of pyridine rings is 1. The fourth-order valence-corrected chi connectivity index (χ4v) is 1.80. The van der Waals surface area contributed by atoms with Crippen LogP contribution in [0.3, 0.4) is 0 Å². The van der Waals surface area contributed by atoms with Crippen molar-refractivity contribution < 1.29 is 4.74 Å². The van der Waals surface area contributed by atoms with E-state index in [9.17, 15) is 0 Å². The number of rotatable bonds is 9. The van der Waals surface area contributed by atoms with Crippen LogP contribution in [0.4, 0.5) is 0 Å². The molecule has 114 valence electrons. The third-order valence-corrected chi connectivity index (χ3v) is 3.02. The highest BCUT2D eigenvalue weighted by molar-refractivity contribution is 5.26. The molecule has 0 saturated heterocycles. The number of nitrogens with one attached hydrogen (secondary N) is 1. The lowest BCUT2D eigenvalue weighted by molar-refractivity contribution is 0.253. The molecule has 0 aliphatic carbocycles. The Labute approximate surface area is 123 Å². The van der Waals surface area contributed by atoms with Gasteiger partial charge in [-0.05, 0) is 44.6 Å². The van der Waals surface area contributed by atoms with Gasteiger partial charge in [-0.25, -0.2) is 4.98 Å². The van der Waals surface area contributed by atoms with Gasteiger partial charge in [0, 0.05) is 24.8 Å². The topological polar surface area (TPSA) is 37.4 Å². The van der Waals surface area contributed by atoms with Gasteiger partial charge in [0.15, 0.2) is 0 Å². The van der Waals surface area contributed by atoms with Crippen molar-refractivity contribution in [3.05, 3.63) is 23.4 Å². The molecule has 4 nitrogen and oxygen atoms in total. The van der Waals surface area contributed by atoms with Gasteiger partial charge in [-0.2, -0.15) is 0 Å². The van der Waals surface area contributed by atoms with Crippen LogP contribution in [0.1, 0.15) is 44.4 Å². The number of nitrogens with zero attached hydrogens (tertiary/aromatic N) is 2. The van der Waals surface area contributed by atoms with Gasteiger partial charge in [-0.15, -0.1) is 0 Å². The molecule has 0 bridgehead atoms. The maximum Gasteiger partial charge on any atom is 0.213 e. The van der Waals surface area contributed by atoms with E-state index in [1.165, 1.54) is 5.56 Å². The van der Waals surface area contributed by atoms with Crippen LogP contribution in [0.2, 0.25) is 0 Å². The van der Waals surface area contributed by atoms with Gasteiger partial charge in [0.1, 0.15) is 6.61 Å². The minimum Gasteiger partial charge on any atom is -0.476 e. The lowest BCUT2D eigenvalue weighted by Crippen LogP contribution is -2.20. The van der Waals surface area contributed by atoms with Crippen LogP contribution in [-0.2, 0) is 6.54 Å². The van der Waals surface area contributed by atoms with Crippen molar-refractivity contribution in [2.24, 2.45) is 0 Å². The molecule has 0 radical (unpaired) electrons. The van der Waals surface area contributed by atoms with E-state index in [-0.39, 0.29) is 0 Å². The summed E-state index contributed by atoms with van der Waals surface area (Å²) >= 11 is 0. The summed E-state index contributed by atoms with van der Waals surface area (Å²) in [5, 5.41) is 3.43. The Hall–Kier alpha value is -1.13. The molecule has 0 fully saturated rings. The first-order valence-corrected chi connectivity index (χ1v) is 7.52. The molecule has 0 aliphatic heterocycles. The van der Waals surface area contributed by atoms with E-state index in [4.69, 9.17) is 4.74 Å². The molecule has 1 aromatic heterocycles. The van der Waals surface area contributed by atoms with Crippen molar-refractivity contribution in [1.82, 2.24) is 15.2 Å². The lowest BCUT2D eigenvalue weighted by Gasteiger charge is -2.14. The molecule has 1 aromatic rings. The van der Waals surface area contributed by atoms with E-state index in [2.05, 4.69) is 42.0 Å². The molecule has 20 heavy (non-hydrogen) atoms. The smallest absolute Gasteiger partial charge is 0.213 e. The molecule has 0 atom stereocenters. The van der Waals surface area contributed by atoms with E-state index in [1.807, 2.05) is 20.2 Å². The SMILES string of the molecule is CCCNCc1cc(OCCN(C)C)nc(C(C)C)c1. The first-order chi connectivity index (χ1) is 9.52. The van der Waals surface area contributed by atoms with E-state index in [0.717, 1.165) is 37.6 Å². The Balaban J connectivity index is 2.71. The van der Waals surface area contributed by atoms with Crippen molar-refractivity contribution in [2.45, 2.75) is 39.7 Å². The van der Waals surface area contributed by atoms with E-state index >= 15 is 0 Å². The second-order valence-corrected chi connectivity index (χ2v) is 5.72. The summed E-state index contributed by atoms with van der Waals surface area (Å²) in [5.74, 6) is 1.16. The maximum atomic E-state index is 5.77. The zero-order chi connectivity index (χ0) is 15.0. The first-order valence-electron chi connectivity index (χ1n) is 7.52. The van der Waals surface area contributed by atoms with Crippen LogP contribution in [0.25, 0.3) is 0 Å². The second kappa shape index (κ2) is 8.93. The Morgan fingerprint density at radius 1 is 1.30 bits per heavy atom. The van der Waals surface area contributed by atoms with Gasteiger partial charge < -0.3 is 15.0 Å². The van der Waals surface area contributed by atoms with E-state index in [0.29, 0.717) is 12.5 Å². The summed E-state index contributed by atoms with van der Waals surface area (Å²) in [4.78, 5) is 6.70. The fraction of sp³-hybridized carbons (Fsp3) is 0.688. The molecular weight excluding hydrogens is 250 g/mol. The largest absolute Gasteiger partial charge is 0.476 e. The Kier molecular flexibility index (Phi) is 7.55. The van der Waals surface area contributed by atoms with Gasteiger partial charge in [-0.1, -0.05) is 20.8 Å². The molecule has 0 amide bonds. The van der Waals surface area contributed by atoms with Crippen molar-refractivity contribution in [3.8, 4) is 5.88 Å². The van der Waals surface area contributed by atoms with Crippen molar-refractivity contribution in [3.63, 3.8) is 0 Å². The van der Waals surface area contributed by atoms with Crippen LogP contribution in [0.15, 0.2) is 12.1 Å². The molecule has 0 spiro atoms. The molecule has 4 heteroatoms. The van der Waals surface area contributed by atoms with Gasteiger partial charge in [0.2, 0.25) is 5.88 Å². The summed E-state index contributed by atoms with van der Waals surface area (Å²) in [6.07, 6.45) is 1.15. The van der Waals surface area contributed by atoms with E-state index < -0.39 is 0 Å². The molecule has 0 aromatic carbocycles. The van der Waals surface area contributed by atoms with Crippen molar-refractivity contribution in [1.29, 1.82) is 0 Å². The predicted octanol–water partition coefficient (Wildman–Crippen LogP) is 2.65. The molecular formula is C16H29N3O. The first kappa shape index (κ1) is 16.9. The molecule has 1 N–H and O–H groups in total. The van der Waals surface area contributed by atoms with Gasteiger partial charge >= 0.3 is 0 Å². The number of ether oxygens (including phenoxy) is 1. The zero-order valence-electron chi connectivity index (χ0n) is 13.6. The average Bonchev–Trinajstić information content (AvgIpc) is 2.38. The second-order valence-electron chi connectivity index (χ2n) is 5.72. The zero-order valence-corrected chi connectivity index (χ0v) is 13.6. The number of hydrogen-bond donors (Lipinski definition) is 1. The number of hydrogen-bond acceptors (Lipinski definition) is 4. The summed E-state index contributed by atoms with van der Waals surface area (Å²) in [7, 11) is 4.09. The minimum absolute atomic E-state index is 0.414. The van der Waals surface area contributed by atoms with Crippen molar-refractivity contribution in [2.75, 3.05) is 33.8 Å². The van der Waals surface area contributed by atoms with Crippen LogP contribution in [-0.4, -0.2) is 43.7 Å². The highest BCUT2D eigenvalue weighted by atomic mass is 16.5. The van der Waals surface area contributed by atoms with Gasteiger partial charge in [0.25, 0.3) is 0 Å². The van der Waals surface area contributed by atoms with Crippen LogP contribution >= 0.6 is 0 Å². The molecule has 0 aliphatic rings. The third-order valence-electron chi connectivity index (χ3n) is 3.02. The molecule has 0 unspecified atom stereocenters. The molecule has 1 rings (SSSR count). The molecule has 0 saturated carbocycles. The normalized spacial score (nSPS) is 11.3. The van der Waals surface area contributed by atoms with Crippen molar-refractivity contribution >= 4 is 0 Å². The predicted molar refractivity (Wildman–Crippen MR) is 84.4 cm³/mol. The van der Waals surface area contributed by atoms with Gasteiger partial charge in [0.05, 0.1) is 0 Å². The van der Waals surface area contributed by atoms with Gasteiger partial charge in [-0.3, -0.25) is 0 Å². The number of aromatic nitrogens is 1. The van der Waals surface area contributed by atoms with Crippen LogP contribution in [0.5, 0.6) is 5.88 Å². The average molecular weight is 279 g/mol. The Morgan fingerprint density at radius 2 is 2.05 bits per heavy atom. The Bertz CT molecular complexity index is 391. The highest BCUT2D eigenvalue weighted by Gasteiger charge is 2.07. The summed E-state index contributed by atoms with van der Waals surface area (Å²) < 4.78 is 5.77. The maximum absolute atomic E-state index is 5.77.